The second-order valence-corrected chi connectivity index (χ2v) is 8.98. The van der Waals surface area contributed by atoms with Crippen molar-refractivity contribution in [3.8, 4) is 6.07 Å². The van der Waals surface area contributed by atoms with E-state index in [0.29, 0.717) is 27.6 Å². The number of rotatable bonds is 3. The number of benzene rings is 1. The molecule has 0 unspecified atom stereocenters. The molecule has 3 N–H and O–H groups in total. The predicted molar refractivity (Wildman–Crippen MR) is 117 cm³/mol. The number of amidine groups is 1. The van der Waals surface area contributed by atoms with Gasteiger partial charge in [0.25, 0.3) is 0 Å². The summed E-state index contributed by atoms with van der Waals surface area (Å²) in [6.07, 6.45) is 2.71. The number of nitrogens with zero attached hydrogens (tertiary/aromatic N) is 5. The van der Waals surface area contributed by atoms with Crippen molar-refractivity contribution in [2.45, 2.75) is 31.6 Å². The van der Waals surface area contributed by atoms with E-state index < -0.39 is 17.2 Å². The number of nitriles is 1. The monoisotopic (exact) mass is 439 g/mol. The maximum absolute atomic E-state index is 14.9. The molecule has 1 aliphatic rings. The molecule has 2 aromatic heterocycles. The molecular weight excluding hydrogens is 420 g/mol. The Kier molecular flexibility index (Phi) is 5.23. The van der Waals surface area contributed by atoms with Crippen LogP contribution < -0.4 is 11.1 Å². The van der Waals surface area contributed by atoms with Crippen molar-refractivity contribution in [3.63, 3.8) is 0 Å². The number of pyridine rings is 1. The fraction of sp³-hybridized carbons (Fsp3) is 0.286. The largest absolute Gasteiger partial charge is 0.379 e. The van der Waals surface area contributed by atoms with Crippen molar-refractivity contribution >= 4 is 39.5 Å². The maximum atomic E-state index is 14.9. The second-order valence-electron chi connectivity index (χ2n) is 7.58. The Balaban J connectivity index is 1.81. The number of aromatic nitrogens is 3. The lowest BCUT2D eigenvalue weighted by molar-refractivity contribution is 0.308. The molecule has 4 rings (SSSR count). The molecule has 0 bridgehead atoms. The summed E-state index contributed by atoms with van der Waals surface area (Å²) >= 11 is 1.42. The van der Waals surface area contributed by atoms with Gasteiger partial charge in [-0.05, 0) is 25.0 Å². The van der Waals surface area contributed by atoms with Gasteiger partial charge < -0.3 is 11.1 Å². The van der Waals surface area contributed by atoms with Gasteiger partial charge in [0, 0.05) is 28.8 Å². The average Bonchev–Trinajstić information content (AvgIpc) is 2.74. The van der Waals surface area contributed by atoms with Crippen molar-refractivity contribution in [2.75, 3.05) is 5.32 Å². The van der Waals surface area contributed by atoms with E-state index in [1.54, 1.807) is 13.0 Å². The third-order valence-electron chi connectivity index (χ3n) is 5.68. The van der Waals surface area contributed by atoms with E-state index >= 15 is 0 Å². The summed E-state index contributed by atoms with van der Waals surface area (Å²) in [6.45, 7) is 5.69. The van der Waals surface area contributed by atoms with E-state index in [1.165, 1.54) is 30.4 Å². The van der Waals surface area contributed by atoms with Gasteiger partial charge in [0.05, 0.1) is 16.6 Å². The van der Waals surface area contributed by atoms with E-state index in [4.69, 9.17) is 11.0 Å². The van der Waals surface area contributed by atoms with Crippen LogP contribution in [0.1, 0.15) is 31.9 Å². The zero-order valence-corrected chi connectivity index (χ0v) is 17.8. The summed E-state index contributed by atoms with van der Waals surface area (Å²) < 4.78 is 29.5. The Hall–Kier alpha value is -3.32. The molecule has 1 aliphatic heterocycles. The standard InChI is InChI=1S/C21H19F2N7S/c1-10-11(2)31-20(25)30-21(10,3)14-5-13(6-15(22)17(14)23)29-19-18-16(27-9-28-19)4-12(7-24)8-26-18/h4-6,8-11H,1-3H3,(H2,25,30)(H,27,28,29)/t10-,11+,21+/m1/s1. The molecule has 3 aromatic rings. The summed E-state index contributed by atoms with van der Waals surface area (Å²) in [5.74, 6) is -1.76. The van der Waals surface area contributed by atoms with Gasteiger partial charge >= 0.3 is 0 Å². The van der Waals surface area contributed by atoms with Crippen molar-refractivity contribution in [1.82, 2.24) is 15.0 Å². The number of aliphatic imine (C=N–C) groups is 1. The van der Waals surface area contributed by atoms with Crippen molar-refractivity contribution in [3.05, 3.63) is 53.5 Å². The minimum atomic E-state index is -1.04. The lowest BCUT2D eigenvalue weighted by Gasteiger charge is -2.40. The Labute approximate surface area is 181 Å². The Bertz CT molecular complexity index is 1260. The molecule has 3 atom stereocenters. The first-order valence-electron chi connectivity index (χ1n) is 9.52. The molecule has 0 amide bonds. The quantitative estimate of drug-likeness (QED) is 0.628. The average molecular weight is 439 g/mol. The lowest BCUT2D eigenvalue weighted by Crippen LogP contribution is -2.41. The van der Waals surface area contributed by atoms with E-state index in [1.807, 2.05) is 19.9 Å². The number of nitrogens with one attached hydrogen (secondary N) is 1. The number of nitrogens with two attached hydrogens (primary N) is 1. The van der Waals surface area contributed by atoms with Crippen LogP contribution in [0.4, 0.5) is 20.3 Å². The van der Waals surface area contributed by atoms with Crippen LogP contribution in [0, 0.1) is 28.9 Å². The summed E-state index contributed by atoms with van der Waals surface area (Å²) in [4.78, 5) is 17.0. The van der Waals surface area contributed by atoms with Crippen LogP contribution in [0.5, 0.6) is 0 Å². The third-order valence-corrected chi connectivity index (χ3v) is 6.79. The molecule has 0 spiro atoms. The molecule has 0 saturated carbocycles. The first kappa shape index (κ1) is 20.9. The van der Waals surface area contributed by atoms with Gasteiger partial charge in [-0.1, -0.05) is 25.6 Å². The van der Waals surface area contributed by atoms with Gasteiger partial charge in [0.2, 0.25) is 0 Å². The molecule has 0 radical (unpaired) electrons. The van der Waals surface area contributed by atoms with Gasteiger partial charge in [-0.15, -0.1) is 0 Å². The van der Waals surface area contributed by atoms with Gasteiger partial charge in [-0.2, -0.15) is 5.26 Å². The molecule has 31 heavy (non-hydrogen) atoms. The maximum Gasteiger partial charge on any atom is 0.164 e. The number of fused-ring (bicyclic) bond motifs is 1. The summed E-state index contributed by atoms with van der Waals surface area (Å²) in [7, 11) is 0. The molecule has 0 fully saturated rings. The summed E-state index contributed by atoms with van der Waals surface area (Å²) in [5, 5.41) is 12.5. The Morgan fingerprint density at radius 3 is 2.71 bits per heavy atom. The van der Waals surface area contributed by atoms with Gasteiger partial charge in [0.1, 0.15) is 17.9 Å². The molecule has 3 heterocycles. The molecule has 7 nitrogen and oxygen atoms in total. The minimum absolute atomic E-state index is 0.0749. The molecule has 0 saturated heterocycles. The van der Waals surface area contributed by atoms with Crippen molar-refractivity contribution in [2.24, 2.45) is 16.6 Å². The van der Waals surface area contributed by atoms with Crippen LogP contribution in [-0.2, 0) is 5.54 Å². The fourth-order valence-corrected chi connectivity index (χ4v) is 4.77. The molecular formula is C21H19F2N7S. The summed E-state index contributed by atoms with van der Waals surface area (Å²) in [5.41, 5.74) is 6.53. The minimum Gasteiger partial charge on any atom is -0.379 e. The highest BCUT2D eigenvalue weighted by molar-refractivity contribution is 8.14. The number of hydrogen-bond donors (Lipinski definition) is 2. The summed E-state index contributed by atoms with van der Waals surface area (Å²) in [6, 6.07) is 6.15. The zero-order valence-electron chi connectivity index (χ0n) is 17.0. The highest BCUT2D eigenvalue weighted by Crippen LogP contribution is 2.45. The predicted octanol–water partition coefficient (Wildman–Crippen LogP) is 4.22. The number of halogens is 2. The first-order chi connectivity index (χ1) is 14.7. The normalized spacial score (nSPS) is 23.3. The smallest absolute Gasteiger partial charge is 0.164 e. The van der Waals surface area contributed by atoms with Gasteiger partial charge in [0.15, 0.2) is 22.6 Å². The second kappa shape index (κ2) is 7.74. The highest BCUT2D eigenvalue weighted by Gasteiger charge is 2.42. The topological polar surface area (TPSA) is 113 Å². The molecule has 1 aromatic carbocycles. The van der Waals surface area contributed by atoms with Crippen LogP contribution >= 0.6 is 11.8 Å². The first-order valence-corrected chi connectivity index (χ1v) is 10.4. The van der Waals surface area contributed by atoms with Crippen LogP contribution in [0.3, 0.4) is 0 Å². The Morgan fingerprint density at radius 1 is 1.19 bits per heavy atom. The fourth-order valence-electron chi connectivity index (χ4n) is 3.67. The molecule has 0 aliphatic carbocycles. The number of anilines is 2. The van der Waals surface area contributed by atoms with Gasteiger partial charge in [-0.3, -0.25) is 4.99 Å². The van der Waals surface area contributed by atoms with E-state index in [2.05, 4.69) is 25.3 Å². The van der Waals surface area contributed by atoms with Crippen LogP contribution in [0.15, 0.2) is 35.7 Å². The molecule has 10 heteroatoms. The van der Waals surface area contributed by atoms with E-state index in [-0.39, 0.29) is 22.4 Å². The third kappa shape index (κ3) is 3.65. The van der Waals surface area contributed by atoms with Crippen molar-refractivity contribution in [1.29, 1.82) is 5.26 Å². The van der Waals surface area contributed by atoms with Crippen LogP contribution in [0.2, 0.25) is 0 Å². The highest BCUT2D eigenvalue weighted by atomic mass is 32.2. The lowest BCUT2D eigenvalue weighted by atomic mass is 9.78. The number of hydrogen-bond acceptors (Lipinski definition) is 8. The van der Waals surface area contributed by atoms with E-state index in [0.717, 1.165) is 6.07 Å². The van der Waals surface area contributed by atoms with Crippen molar-refractivity contribution < 1.29 is 8.78 Å². The Morgan fingerprint density at radius 2 is 1.97 bits per heavy atom. The zero-order chi connectivity index (χ0) is 22.3. The van der Waals surface area contributed by atoms with E-state index in [9.17, 15) is 8.78 Å². The molecule has 158 valence electrons. The number of thioether (sulfide) groups is 1. The van der Waals surface area contributed by atoms with Crippen LogP contribution in [0.25, 0.3) is 11.0 Å². The van der Waals surface area contributed by atoms with Gasteiger partial charge in [-0.25, -0.2) is 23.7 Å². The SMILES string of the molecule is C[C@@H]1SC(N)=N[C@](C)(c2cc(Nc3ncnc4cc(C#N)cnc34)cc(F)c2F)[C@@H]1C. The van der Waals surface area contributed by atoms with Crippen LogP contribution in [-0.4, -0.2) is 25.4 Å².